The average molecular weight is 312 g/mol. The van der Waals surface area contributed by atoms with Crippen LogP contribution >= 0.6 is 23.4 Å². The molecule has 1 aromatic carbocycles. The topological polar surface area (TPSA) is 93.5 Å². The lowest BCUT2D eigenvalue weighted by Gasteiger charge is -2.04. The van der Waals surface area contributed by atoms with Gasteiger partial charge in [0.2, 0.25) is 11.7 Å². The fourth-order valence-corrected chi connectivity index (χ4v) is 2.67. The van der Waals surface area contributed by atoms with Gasteiger partial charge < -0.3 is 15.3 Å². The number of thioether (sulfide) groups is 1. The highest BCUT2D eigenvalue weighted by Crippen LogP contribution is 2.28. The summed E-state index contributed by atoms with van der Waals surface area (Å²) in [5.41, 5.74) is 6.30. The molecule has 1 aromatic heterocycles. The molecule has 0 bridgehead atoms. The standard InChI is InChI=1S/C13H10ClNO4S/c14-9-5-7(12(15)16)1-2-8(9)6-20-11-4-3-10(19-11)13(17)18/h1-5H,6H2,(H2,15,16)(H,17,18). The summed E-state index contributed by atoms with van der Waals surface area (Å²) in [5.74, 6) is -1.27. The Labute approximate surface area is 123 Å². The maximum Gasteiger partial charge on any atom is 0.371 e. The molecular formula is C13H10ClNO4S. The molecule has 0 aliphatic rings. The van der Waals surface area contributed by atoms with Crippen LogP contribution in [0, 0.1) is 0 Å². The summed E-state index contributed by atoms with van der Waals surface area (Å²) >= 11 is 7.36. The van der Waals surface area contributed by atoms with Gasteiger partial charge >= 0.3 is 5.97 Å². The number of carboxylic acids is 1. The molecule has 0 aliphatic heterocycles. The van der Waals surface area contributed by atoms with Crippen molar-refractivity contribution < 1.29 is 19.1 Å². The number of furan rings is 1. The summed E-state index contributed by atoms with van der Waals surface area (Å²) in [5, 5.41) is 9.66. The number of nitrogens with two attached hydrogens (primary N) is 1. The van der Waals surface area contributed by atoms with E-state index in [-0.39, 0.29) is 5.76 Å². The van der Waals surface area contributed by atoms with Crippen LogP contribution in [0.3, 0.4) is 0 Å². The summed E-state index contributed by atoms with van der Waals surface area (Å²) < 4.78 is 5.11. The molecule has 2 aromatic rings. The lowest BCUT2D eigenvalue weighted by Crippen LogP contribution is -2.10. The highest BCUT2D eigenvalue weighted by molar-refractivity contribution is 7.98. The van der Waals surface area contributed by atoms with Crippen LogP contribution in [0.2, 0.25) is 5.02 Å². The van der Waals surface area contributed by atoms with Crippen LogP contribution in [-0.4, -0.2) is 17.0 Å². The maximum absolute atomic E-state index is 11.0. The predicted molar refractivity (Wildman–Crippen MR) is 75.2 cm³/mol. The molecule has 0 fully saturated rings. The fraction of sp³-hybridized carbons (Fsp3) is 0.0769. The second-order valence-corrected chi connectivity index (χ2v) is 5.27. The minimum Gasteiger partial charge on any atom is -0.475 e. The van der Waals surface area contributed by atoms with Crippen molar-refractivity contribution >= 4 is 35.2 Å². The van der Waals surface area contributed by atoms with Gasteiger partial charge in [-0.2, -0.15) is 0 Å². The second kappa shape index (κ2) is 6.02. The van der Waals surface area contributed by atoms with Crippen LogP contribution in [0.25, 0.3) is 0 Å². The van der Waals surface area contributed by atoms with E-state index in [0.29, 0.717) is 21.4 Å². The molecule has 7 heteroatoms. The number of amides is 1. The molecule has 2 rings (SSSR count). The van der Waals surface area contributed by atoms with Crippen molar-refractivity contribution in [3.63, 3.8) is 0 Å². The third-order valence-electron chi connectivity index (χ3n) is 2.50. The largest absolute Gasteiger partial charge is 0.475 e. The minimum absolute atomic E-state index is 0.109. The van der Waals surface area contributed by atoms with Crippen LogP contribution in [0.4, 0.5) is 0 Å². The van der Waals surface area contributed by atoms with Crippen molar-refractivity contribution in [2.75, 3.05) is 0 Å². The van der Waals surface area contributed by atoms with E-state index < -0.39 is 11.9 Å². The zero-order chi connectivity index (χ0) is 14.7. The molecule has 1 heterocycles. The van der Waals surface area contributed by atoms with Gasteiger partial charge in [0, 0.05) is 16.3 Å². The lowest BCUT2D eigenvalue weighted by atomic mass is 10.1. The summed E-state index contributed by atoms with van der Waals surface area (Å²) in [4.78, 5) is 21.7. The number of aromatic carboxylic acids is 1. The van der Waals surface area contributed by atoms with Crippen LogP contribution in [0.15, 0.2) is 39.8 Å². The Hall–Kier alpha value is -1.92. The van der Waals surface area contributed by atoms with Gasteiger partial charge in [0.1, 0.15) is 0 Å². The second-order valence-electron chi connectivity index (χ2n) is 3.88. The number of carbonyl (C=O) groups is 2. The summed E-state index contributed by atoms with van der Waals surface area (Å²) in [6.07, 6.45) is 0. The van der Waals surface area contributed by atoms with Crippen molar-refractivity contribution in [3.8, 4) is 0 Å². The van der Waals surface area contributed by atoms with E-state index in [0.717, 1.165) is 5.56 Å². The smallest absolute Gasteiger partial charge is 0.371 e. The number of hydrogen-bond donors (Lipinski definition) is 2. The first-order chi connectivity index (χ1) is 9.47. The number of rotatable bonds is 5. The Balaban J connectivity index is 2.06. The van der Waals surface area contributed by atoms with Crippen LogP contribution in [0.1, 0.15) is 26.5 Å². The predicted octanol–water partition coefficient (Wildman–Crippen LogP) is 3.02. The molecule has 3 N–H and O–H groups in total. The van der Waals surface area contributed by atoms with Gasteiger partial charge in [-0.05, 0) is 29.8 Å². The zero-order valence-corrected chi connectivity index (χ0v) is 11.7. The van der Waals surface area contributed by atoms with E-state index in [2.05, 4.69) is 0 Å². The Kier molecular flexibility index (Phi) is 4.36. The van der Waals surface area contributed by atoms with Crippen molar-refractivity contribution in [1.29, 1.82) is 0 Å². The SMILES string of the molecule is NC(=O)c1ccc(CSc2ccc(C(=O)O)o2)c(Cl)c1. The molecule has 20 heavy (non-hydrogen) atoms. The van der Waals surface area contributed by atoms with Gasteiger partial charge in [0.25, 0.3) is 0 Å². The molecule has 1 amide bonds. The molecule has 0 saturated heterocycles. The third-order valence-corrected chi connectivity index (χ3v) is 3.81. The molecule has 104 valence electrons. The number of carboxylic acid groups (broad SMARTS) is 1. The van der Waals surface area contributed by atoms with Gasteiger partial charge in [-0.1, -0.05) is 29.4 Å². The number of carbonyl (C=O) groups excluding carboxylic acids is 1. The van der Waals surface area contributed by atoms with Crippen LogP contribution in [-0.2, 0) is 5.75 Å². The minimum atomic E-state index is -1.11. The van der Waals surface area contributed by atoms with E-state index in [1.165, 1.54) is 23.9 Å². The number of halogens is 1. The van der Waals surface area contributed by atoms with Crippen LogP contribution < -0.4 is 5.73 Å². The van der Waals surface area contributed by atoms with Gasteiger partial charge in [-0.25, -0.2) is 4.79 Å². The van der Waals surface area contributed by atoms with Crippen molar-refractivity contribution in [3.05, 3.63) is 52.2 Å². The quantitative estimate of drug-likeness (QED) is 0.828. The number of primary amides is 1. The van der Waals surface area contributed by atoms with Gasteiger partial charge in [0.15, 0.2) is 5.09 Å². The first kappa shape index (κ1) is 14.5. The lowest BCUT2D eigenvalue weighted by molar-refractivity contribution is 0.0656. The highest BCUT2D eigenvalue weighted by atomic mass is 35.5. The molecule has 0 radical (unpaired) electrons. The molecule has 0 aliphatic carbocycles. The monoisotopic (exact) mass is 311 g/mol. The molecule has 5 nitrogen and oxygen atoms in total. The van der Waals surface area contributed by atoms with Crippen molar-refractivity contribution in [1.82, 2.24) is 0 Å². The normalized spacial score (nSPS) is 10.4. The van der Waals surface area contributed by atoms with Gasteiger partial charge in [-0.3, -0.25) is 4.79 Å². The van der Waals surface area contributed by atoms with E-state index >= 15 is 0 Å². The summed E-state index contributed by atoms with van der Waals surface area (Å²) in [6.45, 7) is 0. The van der Waals surface area contributed by atoms with E-state index in [4.69, 9.17) is 26.9 Å². The number of benzene rings is 1. The summed E-state index contributed by atoms with van der Waals surface area (Å²) in [6, 6.07) is 7.78. The van der Waals surface area contributed by atoms with Crippen molar-refractivity contribution in [2.45, 2.75) is 10.8 Å². The first-order valence-electron chi connectivity index (χ1n) is 5.51. The van der Waals surface area contributed by atoms with E-state index in [9.17, 15) is 9.59 Å². The Bertz CT molecular complexity index is 668. The molecule has 0 saturated carbocycles. The average Bonchev–Trinajstić information content (AvgIpc) is 2.86. The molecular weight excluding hydrogens is 302 g/mol. The van der Waals surface area contributed by atoms with Crippen LogP contribution in [0.5, 0.6) is 0 Å². The molecule has 0 spiro atoms. The summed E-state index contributed by atoms with van der Waals surface area (Å²) in [7, 11) is 0. The molecule has 0 unspecified atom stereocenters. The Morgan fingerprint density at radius 2 is 2.05 bits per heavy atom. The van der Waals surface area contributed by atoms with Gasteiger partial charge in [0.05, 0.1) is 0 Å². The zero-order valence-electron chi connectivity index (χ0n) is 10.1. The van der Waals surface area contributed by atoms with Gasteiger partial charge in [-0.15, -0.1) is 0 Å². The van der Waals surface area contributed by atoms with E-state index in [1.807, 2.05) is 0 Å². The Morgan fingerprint density at radius 1 is 1.30 bits per heavy atom. The van der Waals surface area contributed by atoms with E-state index in [1.54, 1.807) is 18.2 Å². The maximum atomic E-state index is 11.0. The third kappa shape index (κ3) is 3.34. The van der Waals surface area contributed by atoms with Crippen molar-refractivity contribution in [2.24, 2.45) is 5.73 Å². The number of hydrogen-bond acceptors (Lipinski definition) is 4. The highest BCUT2D eigenvalue weighted by Gasteiger charge is 2.11. The fourth-order valence-electron chi connectivity index (χ4n) is 1.48. The first-order valence-corrected chi connectivity index (χ1v) is 6.88. The Morgan fingerprint density at radius 3 is 2.60 bits per heavy atom. The molecule has 0 atom stereocenters.